The van der Waals surface area contributed by atoms with E-state index in [4.69, 9.17) is 9.47 Å². The second-order valence-electron chi connectivity index (χ2n) is 9.42. The van der Waals surface area contributed by atoms with Gasteiger partial charge >= 0.3 is 5.97 Å². The molecule has 0 aliphatic rings. The van der Waals surface area contributed by atoms with Gasteiger partial charge in [0.15, 0.2) is 0 Å². The lowest BCUT2D eigenvalue weighted by Crippen LogP contribution is -2.30. The summed E-state index contributed by atoms with van der Waals surface area (Å²) in [5, 5.41) is 7.80. The van der Waals surface area contributed by atoms with Gasteiger partial charge < -0.3 is 25.4 Å². The van der Waals surface area contributed by atoms with Crippen LogP contribution in [0.2, 0.25) is 0 Å². The summed E-state index contributed by atoms with van der Waals surface area (Å²) in [7, 11) is 2.84. The first-order valence-electron chi connectivity index (χ1n) is 13.6. The number of amides is 3. The fraction of sp³-hybridized carbons (Fsp3) is 0.118. The molecule has 44 heavy (non-hydrogen) atoms. The zero-order chi connectivity index (χ0) is 31.5. The summed E-state index contributed by atoms with van der Waals surface area (Å²) >= 11 is 1.28. The third kappa shape index (κ3) is 8.59. The van der Waals surface area contributed by atoms with Crippen molar-refractivity contribution in [2.45, 2.75) is 17.1 Å². The molecule has 3 amide bonds. The minimum atomic E-state index is -0.551. The molecule has 0 spiro atoms. The maximum atomic E-state index is 13.4. The Morgan fingerprint density at radius 2 is 1.50 bits per heavy atom. The number of esters is 1. The molecule has 9 nitrogen and oxygen atoms in total. The molecule has 0 aliphatic carbocycles. The number of carbonyl (C=O) groups excluding carboxylic acids is 4. The van der Waals surface area contributed by atoms with Gasteiger partial charge in [-0.15, -0.1) is 11.8 Å². The molecule has 0 saturated heterocycles. The Bertz CT molecular complexity index is 1670. The fourth-order valence-corrected chi connectivity index (χ4v) is 4.95. The molecule has 1 unspecified atom stereocenters. The standard InChI is InChI=1S/C34H31N3O6S/c1-22(31(38)36-29-15-8-7-14-28(29)34(41)43-3)44-27-13-9-12-25(21-27)35-33(40)30(20-23-16-18-26(42-2)19-17-23)37-32(39)24-10-5-4-6-11-24/h4-22H,1-3H3,(H,35,40)(H,36,38)(H,37,39)/b30-20+. The van der Waals surface area contributed by atoms with Crippen molar-refractivity contribution < 1.29 is 28.7 Å². The Balaban J connectivity index is 1.48. The molecule has 0 radical (unpaired) electrons. The lowest BCUT2D eigenvalue weighted by Gasteiger charge is -2.15. The van der Waals surface area contributed by atoms with Gasteiger partial charge in [0.25, 0.3) is 11.8 Å². The fourth-order valence-electron chi connectivity index (χ4n) is 4.03. The summed E-state index contributed by atoms with van der Waals surface area (Å²) in [6.07, 6.45) is 1.58. The van der Waals surface area contributed by atoms with Gasteiger partial charge in [0.2, 0.25) is 5.91 Å². The average molecular weight is 610 g/mol. The van der Waals surface area contributed by atoms with Crippen LogP contribution in [-0.4, -0.2) is 43.2 Å². The van der Waals surface area contributed by atoms with Crippen LogP contribution < -0.4 is 20.7 Å². The smallest absolute Gasteiger partial charge is 0.339 e. The first kappa shape index (κ1) is 31.6. The molecule has 0 aromatic heterocycles. The van der Waals surface area contributed by atoms with Crippen LogP contribution in [0.4, 0.5) is 11.4 Å². The van der Waals surface area contributed by atoms with Crippen molar-refractivity contribution in [3.8, 4) is 5.75 Å². The molecular formula is C34H31N3O6S. The van der Waals surface area contributed by atoms with Gasteiger partial charge in [0, 0.05) is 16.1 Å². The van der Waals surface area contributed by atoms with E-state index in [-0.39, 0.29) is 17.2 Å². The van der Waals surface area contributed by atoms with Crippen LogP contribution in [0.5, 0.6) is 5.75 Å². The lowest BCUT2D eigenvalue weighted by molar-refractivity contribution is -0.115. The second-order valence-corrected chi connectivity index (χ2v) is 10.8. The zero-order valence-corrected chi connectivity index (χ0v) is 25.1. The van der Waals surface area contributed by atoms with Gasteiger partial charge in [-0.3, -0.25) is 14.4 Å². The van der Waals surface area contributed by atoms with Gasteiger partial charge in [-0.2, -0.15) is 0 Å². The Labute approximate surface area is 259 Å². The van der Waals surface area contributed by atoms with Crippen molar-refractivity contribution >= 4 is 52.9 Å². The predicted molar refractivity (Wildman–Crippen MR) is 172 cm³/mol. The largest absolute Gasteiger partial charge is 0.497 e. The highest BCUT2D eigenvalue weighted by atomic mass is 32.2. The maximum Gasteiger partial charge on any atom is 0.339 e. The highest BCUT2D eigenvalue weighted by Crippen LogP contribution is 2.27. The van der Waals surface area contributed by atoms with Crippen LogP contribution in [-0.2, 0) is 14.3 Å². The number of ether oxygens (including phenoxy) is 2. The first-order valence-corrected chi connectivity index (χ1v) is 14.4. The Kier molecular flexibility index (Phi) is 10.9. The van der Waals surface area contributed by atoms with Crippen molar-refractivity contribution in [2.75, 3.05) is 24.9 Å². The lowest BCUT2D eigenvalue weighted by atomic mass is 10.1. The normalized spacial score (nSPS) is 11.6. The van der Waals surface area contributed by atoms with Crippen molar-refractivity contribution in [1.82, 2.24) is 5.32 Å². The van der Waals surface area contributed by atoms with Gasteiger partial charge in [0.05, 0.1) is 30.7 Å². The molecule has 0 bridgehead atoms. The van der Waals surface area contributed by atoms with E-state index < -0.39 is 23.0 Å². The summed E-state index contributed by atoms with van der Waals surface area (Å²) in [5.41, 5.74) is 2.20. The average Bonchev–Trinajstić information content (AvgIpc) is 3.05. The van der Waals surface area contributed by atoms with E-state index in [2.05, 4.69) is 16.0 Å². The quantitative estimate of drug-likeness (QED) is 0.108. The van der Waals surface area contributed by atoms with Crippen LogP contribution in [0.1, 0.15) is 33.2 Å². The zero-order valence-electron chi connectivity index (χ0n) is 24.3. The number of benzene rings is 4. The summed E-state index contributed by atoms with van der Waals surface area (Å²) in [6, 6.07) is 29.3. The molecule has 1 atom stereocenters. The van der Waals surface area contributed by atoms with Crippen molar-refractivity contribution in [3.63, 3.8) is 0 Å². The van der Waals surface area contributed by atoms with E-state index in [9.17, 15) is 19.2 Å². The molecule has 0 heterocycles. The maximum absolute atomic E-state index is 13.4. The number of anilines is 2. The third-order valence-corrected chi connectivity index (χ3v) is 7.41. The minimum absolute atomic E-state index is 0.0408. The van der Waals surface area contributed by atoms with Gasteiger partial charge in [-0.05, 0) is 73.2 Å². The van der Waals surface area contributed by atoms with E-state index in [0.717, 1.165) is 4.90 Å². The van der Waals surface area contributed by atoms with Crippen LogP contribution >= 0.6 is 11.8 Å². The first-order chi connectivity index (χ1) is 21.3. The summed E-state index contributed by atoms with van der Waals surface area (Å²) in [5.74, 6) is -1.17. The molecule has 0 aliphatic heterocycles. The van der Waals surface area contributed by atoms with Gasteiger partial charge in [-0.25, -0.2) is 4.79 Å². The topological polar surface area (TPSA) is 123 Å². The summed E-state index contributed by atoms with van der Waals surface area (Å²) in [6.45, 7) is 1.74. The number of hydrogen-bond donors (Lipinski definition) is 3. The van der Waals surface area contributed by atoms with Crippen molar-refractivity contribution in [3.05, 3.63) is 126 Å². The Morgan fingerprint density at radius 1 is 0.795 bits per heavy atom. The van der Waals surface area contributed by atoms with E-state index >= 15 is 0 Å². The molecule has 224 valence electrons. The SMILES string of the molecule is COC(=O)c1ccccc1NC(=O)C(C)Sc1cccc(NC(=O)/C(=C\c2ccc(OC)cc2)NC(=O)c2ccccc2)c1. The summed E-state index contributed by atoms with van der Waals surface area (Å²) < 4.78 is 10.0. The van der Waals surface area contributed by atoms with E-state index in [1.807, 2.05) is 6.07 Å². The third-order valence-electron chi connectivity index (χ3n) is 6.32. The van der Waals surface area contributed by atoms with Crippen molar-refractivity contribution in [2.24, 2.45) is 0 Å². The molecule has 0 saturated carbocycles. The number of rotatable bonds is 11. The highest BCUT2D eigenvalue weighted by Gasteiger charge is 2.19. The van der Waals surface area contributed by atoms with Crippen LogP contribution in [0.15, 0.2) is 114 Å². The molecular weight excluding hydrogens is 578 g/mol. The monoisotopic (exact) mass is 609 g/mol. The Morgan fingerprint density at radius 3 is 2.20 bits per heavy atom. The van der Waals surface area contributed by atoms with E-state index in [0.29, 0.717) is 28.3 Å². The van der Waals surface area contributed by atoms with Crippen LogP contribution in [0.25, 0.3) is 6.08 Å². The molecule has 0 fully saturated rings. The number of methoxy groups -OCH3 is 2. The Hall–Kier alpha value is -5.35. The number of carbonyl (C=O) groups is 4. The molecule has 10 heteroatoms. The second kappa shape index (κ2) is 15.2. The molecule has 4 aromatic carbocycles. The van der Waals surface area contributed by atoms with Crippen molar-refractivity contribution in [1.29, 1.82) is 0 Å². The number of hydrogen-bond acceptors (Lipinski definition) is 7. The number of thioether (sulfide) groups is 1. The summed E-state index contributed by atoms with van der Waals surface area (Å²) in [4.78, 5) is 52.1. The highest BCUT2D eigenvalue weighted by molar-refractivity contribution is 8.00. The predicted octanol–water partition coefficient (Wildman–Crippen LogP) is 6.01. The number of para-hydroxylation sites is 1. The minimum Gasteiger partial charge on any atom is -0.497 e. The molecule has 4 aromatic rings. The van der Waals surface area contributed by atoms with Crippen LogP contribution in [0.3, 0.4) is 0 Å². The number of nitrogens with one attached hydrogen (secondary N) is 3. The molecule has 4 rings (SSSR count). The van der Waals surface area contributed by atoms with E-state index in [1.165, 1.54) is 18.9 Å². The van der Waals surface area contributed by atoms with Gasteiger partial charge in [0.1, 0.15) is 11.4 Å². The van der Waals surface area contributed by atoms with Gasteiger partial charge in [-0.1, -0.05) is 48.5 Å². The van der Waals surface area contributed by atoms with E-state index in [1.54, 1.807) is 117 Å². The molecule has 3 N–H and O–H groups in total. The van der Waals surface area contributed by atoms with Crippen LogP contribution in [0, 0.1) is 0 Å².